The first-order valence-electron chi connectivity index (χ1n) is 6.02. The van der Waals surface area contributed by atoms with Gasteiger partial charge in [-0.25, -0.2) is 8.78 Å². The lowest BCUT2D eigenvalue weighted by Crippen LogP contribution is -2.38. The summed E-state index contributed by atoms with van der Waals surface area (Å²) in [6.45, 7) is 6.57. The molecule has 0 heterocycles. The smallest absolute Gasteiger partial charge is 0.182 e. The molecule has 0 saturated carbocycles. The molecule has 0 spiro atoms. The topological polar surface area (TPSA) is 20.3 Å². The number of carbonyl (C=O) groups is 1. The highest BCUT2D eigenvalue weighted by atomic mass is 19.1. The molecular formula is C14H19F2NO. The number of hydrogen-bond acceptors (Lipinski definition) is 2. The summed E-state index contributed by atoms with van der Waals surface area (Å²) >= 11 is 0. The van der Waals surface area contributed by atoms with Crippen LogP contribution >= 0.6 is 0 Å². The van der Waals surface area contributed by atoms with Gasteiger partial charge in [-0.3, -0.25) is 9.69 Å². The van der Waals surface area contributed by atoms with E-state index >= 15 is 0 Å². The molecule has 0 aliphatic carbocycles. The van der Waals surface area contributed by atoms with Crippen molar-refractivity contribution in [2.45, 2.75) is 26.8 Å². The van der Waals surface area contributed by atoms with E-state index in [1.54, 1.807) is 6.92 Å². The lowest BCUT2D eigenvalue weighted by molar-refractivity contribution is 0.0853. The number of carbonyl (C=O) groups excluding carboxylic acids is 1. The first-order valence-corrected chi connectivity index (χ1v) is 6.02. The number of likely N-dealkylation sites (N-methyl/N-ethyl adjacent to an activating group) is 1. The maximum absolute atomic E-state index is 13.5. The number of ketones is 1. The quantitative estimate of drug-likeness (QED) is 0.753. The van der Waals surface area contributed by atoms with Gasteiger partial charge in [-0.05, 0) is 32.0 Å². The number of halogens is 2. The normalized spacial score (nSPS) is 13.1. The predicted octanol–water partition coefficient (Wildman–Crippen LogP) is 3.12. The Bertz CT molecular complexity index is 432. The second-order valence-corrected chi connectivity index (χ2v) is 5.00. The Hall–Kier alpha value is -1.29. The Labute approximate surface area is 107 Å². The maximum atomic E-state index is 13.5. The Morgan fingerprint density at radius 1 is 1.28 bits per heavy atom. The lowest BCUT2D eigenvalue weighted by Gasteiger charge is -2.25. The van der Waals surface area contributed by atoms with Crippen molar-refractivity contribution in [2.75, 3.05) is 13.6 Å². The standard InChI is InChI=1S/C14H19F2NO/c1-9(2)8-17(4)10(3)14(18)12-6-5-11(15)7-13(12)16/h5-7,9-10H,8H2,1-4H3. The van der Waals surface area contributed by atoms with E-state index in [1.807, 2.05) is 25.8 Å². The van der Waals surface area contributed by atoms with Crippen molar-refractivity contribution in [1.29, 1.82) is 0 Å². The summed E-state index contributed by atoms with van der Waals surface area (Å²) in [5, 5.41) is 0. The van der Waals surface area contributed by atoms with Crippen molar-refractivity contribution in [2.24, 2.45) is 5.92 Å². The van der Waals surface area contributed by atoms with Crippen LogP contribution in [-0.2, 0) is 0 Å². The van der Waals surface area contributed by atoms with Gasteiger partial charge >= 0.3 is 0 Å². The molecule has 0 aromatic heterocycles. The van der Waals surface area contributed by atoms with Crippen LogP contribution < -0.4 is 0 Å². The van der Waals surface area contributed by atoms with Crippen LogP contribution in [-0.4, -0.2) is 30.3 Å². The van der Waals surface area contributed by atoms with Crippen LogP contribution in [0.25, 0.3) is 0 Å². The fourth-order valence-corrected chi connectivity index (χ4v) is 1.85. The second-order valence-electron chi connectivity index (χ2n) is 5.00. The fraction of sp³-hybridized carbons (Fsp3) is 0.500. The van der Waals surface area contributed by atoms with Crippen LogP contribution in [0, 0.1) is 17.6 Å². The summed E-state index contributed by atoms with van der Waals surface area (Å²) in [5.74, 6) is -1.38. The minimum absolute atomic E-state index is 0.0560. The predicted molar refractivity (Wildman–Crippen MR) is 67.6 cm³/mol. The number of hydrogen-bond donors (Lipinski definition) is 0. The average Bonchev–Trinajstić information content (AvgIpc) is 2.26. The number of benzene rings is 1. The van der Waals surface area contributed by atoms with E-state index < -0.39 is 17.7 Å². The second kappa shape index (κ2) is 6.05. The third kappa shape index (κ3) is 3.60. The van der Waals surface area contributed by atoms with Gasteiger partial charge in [0.05, 0.1) is 11.6 Å². The number of Topliss-reactive ketones (excluding diaryl/α,β-unsaturated/α-hetero) is 1. The zero-order valence-corrected chi connectivity index (χ0v) is 11.2. The molecule has 0 aliphatic rings. The Morgan fingerprint density at radius 2 is 1.89 bits per heavy atom. The summed E-state index contributed by atoms with van der Waals surface area (Å²) in [7, 11) is 1.82. The first-order chi connectivity index (χ1) is 8.32. The molecule has 0 radical (unpaired) electrons. The lowest BCUT2D eigenvalue weighted by atomic mass is 10.0. The molecule has 0 aliphatic heterocycles. The van der Waals surface area contributed by atoms with Crippen molar-refractivity contribution in [1.82, 2.24) is 4.90 Å². The van der Waals surface area contributed by atoms with E-state index in [1.165, 1.54) is 6.07 Å². The number of nitrogens with zero attached hydrogens (tertiary/aromatic N) is 1. The Morgan fingerprint density at radius 3 is 2.39 bits per heavy atom. The van der Waals surface area contributed by atoms with Gasteiger partial charge in [0, 0.05) is 12.6 Å². The highest BCUT2D eigenvalue weighted by Gasteiger charge is 2.22. The molecule has 0 amide bonds. The molecule has 4 heteroatoms. The van der Waals surface area contributed by atoms with E-state index in [2.05, 4.69) is 0 Å². The van der Waals surface area contributed by atoms with Gasteiger partial charge in [0.2, 0.25) is 0 Å². The molecule has 0 N–H and O–H groups in total. The third-order valence-electron chi connectivity index (χ3n) is 2.89. The van der Waals surface area contributed by atoms with E-state index in [0.29, 0.717) is 5.92 Å². The van der Waals surface area contributed by atoms with E-state index in [4.69, 9.17) is 0 Å². The molecule has 1 aromatic carbocycles. The largest absolute Gasteiger partial charge is 0.296 e. The zero-order valence-electron chi connectivity index (χ0n) is 11.2. The van der Waals surface area contributed by atoms with Crippen LogP contribution in [0.4, 0.5) is 8.78 Å². The van der Waals surface area contributed by atoms with Crippen molar-refractivity contribution in [3.63, 3.8) is 0 Å². The van der Waals surface area contributed by atoms with Gasteiger partial charge in [0.1, 0.15) is 11.6 Å². The minimum Gasteiger partial charge on any atom is -0.296 e. The van der Waals surface area contributed by atoms with Crippen molar-refractivity contribution >= 4 is 5.78 Å². The molecule has 1 rings (SSSR count). The van der Waals surface area contributed by atoms with Gasteiger partial charge < -0.3 is 0 Å². The summed E-state index contributed by atoms with van der Waals surface area (Å²) in [6.07, 6.45) is 0. The fourth-order valence-electron chi connectivity index (χ4n) is 1.85. The Kier molecular flexibility index (Phi) is 4.96. The summed E-state index contributed by atoms with van der Waals surface area (Å²) in [6, 6.07) is 2.62. The molecule has 1 aromatic rings. The third-order valence-corrected chi connectivity index (χ3v) is 2.89. The van der Waals surface area contributed by atoms with Crippen molar-refractivity contribution < 1.29 is 13.6 Å². The van der Waals surface area contributed by atoms with Crippen molar-refractivity contribution in [3.8, 4) is 0 Å². The van der Waals surface area contributed by atoms with Crippen LogP contribution in [0.5, 0.6) is 0 Å². The van der Waals surface area contributed by atoms with Gasteiger partial charge in [-0.1, -0.05) is 13.8 Å². The van der Waals surface area contributed by atoms with E-state index in [-0.39, 0.29) is 11.3 Å². The summed E-state index contributed by atoms with van der Waals surface area (Å²) < 4.78 is 26.3. The molecule has 0 bridgehead atoms. The van der Waals surface area contributed by atoms with Crippen molar-refractivity contribution in [3.05, 3.63) is 35.4 Å². The molecule has 1 atom stereocenters. The molecule has 1 unspecified atom stereocenters. The Balaban J connectivity index is 2.86. The van der Waals surface area contributed by atoms with Crippen LogP contribution in [0.3, 0.4) is 0 Å². The van der Waals surface area contributed by atoms with Crippen LogP contribution in [0.1, 0.15) is 31.1 Å². The molecular weight excluding hydrogens is 236 g/mol. The molecule has 0 fully saturated rings. The summed E-state index contributed by atoms with van der Waals surface area (Å²) in [4.78, 5) is 14.0. The SMILES string of the molecule is CC(C)CN(C)C(C)C(=O)c1ccc(F)cc1F. The minimum atomic E-state index is -0.801. The van der Waals surface area contributed by atoms with Crippen LogP contribution in [0.2, 0.25) is 0 Å². The van der Waals surface area contributed by atoms with Gasteiger partial charge in [-0.15, -0.1) is 0 Å². The first kappa shape index (κ1) is 14.8. The monoisotopic (exact) mass is 255 g/mol. The summed E-state index contributed by atoms with van der Waals surface area (Å²) in [5.41, 5.74) is -0.0560. The average molecular weight is 255 g/mol. The molecule has 100 valence electrons. The maximum Gasteiger partial charge on any atom is 0.182 e. The van der Waals surface area contributed by atoms with Gasteiger partial charge in [0.15, 0.2) is 5.78 Å². The highest BCUT2D eigenvalue weighted by Crippen LogP contribution is 2.14. The molecule has 2 nitrogen and oxygen atoms in total. The van der Waals surface area contributed by atoms with Crippen LogP contribution in [0.15, 0.2) is 18.2 Å². The van der Waals surface area contributed by atoms with Gasteiger partial charge in [0.25, 0.3) is 0 Å². The molecule has 0 saturated heterocycles. The van der Waals surface area contributed by atoms with E-state index in [0.717, 1.165) is 18.7 Å². The van der Waals surface area contributed by atoms with E-state index in [9.17, 15) is 13.6 Å². The molecule has 18 heavy (non-hydrogen) atoms. The van der Waals surface area contributed by atoms with Gasteiger partial charge in [-0.2, -0.15) is 0 Å². The number of rotatable bonds is 5. The highest BCUT2D eigenvalue weighted by molar-refractivity contribution is 6.00. The zero-order chi connectivity index (χ0) is 13.9.